The van der Waals surface area contributed by atoms with Crippen LogP contribution in [-0.2, 0) is 11.3 Å². The minimum Gasteiger partial charge on any atom is -0.338 e. The molecular weight excluding hydrogens is 508 g/mol. The van der Waals surface area contributed by atoms with Gasteiger partial charge in [-0.2, -0.15) is 4.98 Å². The lowest BCUT2D eigenvalue weighted by Gasteiger charge is -2.37. The minimum absolute atomic E-state index is 0.111. The molecule has 40 heavy (non-hydrogen) atoms. The molecule has 2 aromatic rings. The molecule has 2 aliphatic heterocycles. The molecular formula is C29H44N8O3. The average molecular weight is 553 g/mol. The van der Waals surface area contributed by atoms with Gasteiger partial charge >= 0.3 is 11.7 Å². The van der Waals surface area contributed by atoms with Crippen LogP contribution in [0.15, 0.2) is 41.3 Å². The third-order valence-corrected chi connectivity index (χ3v) is 7.59. The highest BCUT2D eigenvalue weighted by atomic mass is 16.2. The predicted octanol–water partition coefficient (Wildman–Crippen LogP) is 1.99. The summed E-state index contributed by atoms with van der Waals surface area (Å²) in [4.78, 5) is 47.6. The molecule has 2 fully saturated rings. The molecule has 0 saturated carbocycles. The number of likely N-dealkylation sites (tertiary alicyclic amines) is 1. The van der Waals surface area contributed by atoms with Gasteiger partial charge in [0.2, 0.25) is 5.91 Å². The fourth-order valence-electron chi connectivity index (χ4n) is 5.49. The van der Waals surface area contributed by atoms with E-state index in [9.17, 15) is 14.4 Å². The standard InChI is InChI=1S/C29H44N8O3/c1-28(2,30)19-21-9-12-34(13-10-21)20-22-5-7-23(8-6-22)37-14-11-24(33-27(37)40)32-26(39)36-17-15-35(16-18-36)25(38)29(3,4)31/h5-8,11,14,21H,9-10,12-13,15-20,30-31H2,1-4H3,(H,32,33,39,40). The van der Waals surface area contributed by atoms with Gasteiger partial charge in [-0.25, -0.2) is 9.59 Å². The Morgan fingerprint density at radius 2 is 1.52 bits per heavy atom. The monoisotopic (exact) mass is 552 g/mol. The van der Waals surface area contributed by atoms with Gasteiger partial charge in [0.15, 0.2) is 0 Å². The fourth-order valence-corrected chi connectivity index (χ4v) is 5.49. The van der Waals surface area contributed by atoms with Crippen molar-refractivity contribution in [2.75, 3.05) is 44.6 Å². The van der Waals surface area contributed by atoms with Crippen molar-refractivity contribution in [3.63, 3.8) is 0 Å². The number of piperidine rings is 1. The van der Waals surface area contributed by atoms with Crippen LogP contribution >= 0.6 is 0 Å². The molecule has 0 bridgehead atoms. The first-order valence-electron chi connectivity index (χ1n) is 14.1. The lowest BCUT2D eigenvalue weighted by molar-refractivity contribution is -0.137. The highest BCUT2D eigenvalue weighted by molar-refractivity contribution is 5.89. The topological polar surface area (TPSA) is 143 Å². The molecule has 0 spiro atoms. The summed E-state index contributed by atoms with van der Waals surface area (Å²) in [6.07, 6.45) is 5.02. The van der Waals surface area contributed by atoms with Crippen LogP contribution in [0.5, 0.6) is 0 Å². The van der Waals surface area contributed by atoms with E-state index in [4.69, 9.17) is 11.5 Å². The van der Waals surface area contributed by atoms with Gasteiger partial charge in [-0.15, -0.1) is 0 Å². The molecule has 218 valence electrons. The first kappa shape index (κ1) is 29.7. The number of nitrogens with zero attached hydrogens (tertiary/aromatic N) is 5. The third-order valence-electron chi connectivity index (χ3n) is 7.59. The van der Waals surface area contributed by atoms with Crippen LogP contribution in [0.4, 0.5) is 10.6 Å². The zero-order valence-electron chi connectivity index (χ0n) is 24.2. The molecule has 5 N–H and O–H groups in total. The number of rotatable bonds is 7. The molecule has 3 heterocycles. The van der Waals surface area contributed by atoms with Gasteiger partial charge in [0.05, 0.1) is 11.2 Å². The number of aromatic nitrogens is 2. The Morgan fingerprint density at radius 3 is 2.08 bits per heavy atom. The van der Waals surface area contributed by atoms with E-state index in [2.05, 4.69) is 29.0 Å². The maximum Gasteiger partial charge on any atom is 0.354 e. The van der Waals surface area contributed by atoms with Crippen molar-refractivity contribution < 1.29 is 9.59 Å². The molecule has 0 unspecified atom stereocenters. The van der Waals surface area contributed by atoms with E-state index >= 15 is 0 Å². The van der Waals surface area contributed by atoms with Crippen LogP contribution in [-0.4, -0.2) is 86.5 Å². The molecule has 0 aliphatic carbocycles. The van der Waals surface area contributed by atoms with Crippen LogP contribution in [0.2, 0.25) is 0 Å². The Balaban J connectivity index is 1.28. The Hall–Kier alpha value is -3.28. The second-order valence-corrected chi connectivity index (χ2v) is 12.5. The summed E-state index contributed by atoms with van der Waals surface area (Å²) < 4.78 is 1.46. The zero-order chi connectivity index (χ0) is 29.1. The Labute approximate surface area is 236 Å². The maximum absolute atomic E-state index is 12.8. The molecule has 0 radical (unpaired) electrons. The Bertz CT molecular complexity index is 1230. The third kappa shape index (κ3) is 7.89. The largest absolute Gasteiger partial charge is 0.354 e. The van der Waals surface area contributed by atoms with Crippen molar-refractivity contribution in [2.45, 2.75) is 64.6 Å². The maximum atomic E-state index is 12.8. The second-order valence-electron chi connectivity index (χ2n) is 12.5. The molecule has 1 aromatic heterocycles. The normalized spacial score (nSPS) is 17.6. The summed E-state index contributed by atoms with van der Waals surface area (Å²) in [7, 11) is 0. The number of benzene rings is 1. The van der Waals surface area contributed by atoms with E-state index < -0.39 is 11.2 Å². The van der Waals surface area contributed by atoms with Crippen molar-refractivity contribution >= 4 is 17.8 Å². The minimum atomic E-state index is -0.946. The number of piperazine rings is 1. The van der Waals surface area contributed by atoms with Crippen LogP contribution in [0, 0.1) is 5.92 Å². The molecule has 1 aromatic carbocycles. The quantitative estimate of drug-likeness (QED) is 0.477. The molecule has 2 aliphatic rings. The fraction of sp³-hybridized carbons (Fsp3) is 0.586. The molecule has 3 amide bonds. The summed E-state index contributed by atoms with van der Waals surface area (Å²) in [6, 6.07) is 9.18. The summed E-state index contributed by atoms with van der Waals surface area (Å²) in [5, 5.41) is 2.70. The summed E-state index contributed by atoms with van der Waals surface area (Å²) in [6.45, 7) is 12.1. The SMILES string of the molecule is CC(C)(N)CC1CCN(Cc2ccc(-n3ccc(NC(=O)N4CCN(C(=O)C(C)(C)N)CC4)nc3=O)cc2)CC1. The van der Waals surface area contributed by atoms with E-state index in [1.54, 1.807) is 35.9 Å². The zero-order valence-corrected chi connectivity index (χ0v) is 24.2. The Morgan fingerprint density at radius 1 is 0.925 bits per heavy atom. The number of urea groups is 1. The van der Waals surface area contributed by atoms with Crippen LogP contribution in [0.25, 0.3) is 5.69 Å². The van der Waals surface area contributed by atoms with E-state index in [-0.39, 0.29) is 23.3 Å². The van der Waals surface area contributed by atoms with Crippen LogP contribution < -0.4 is 22.5 Å². The molecule has 11 nitrogen and oxygen atoms in total. The number of carbonyl (C=O) groups excluding carboxylic acids is 2. The predicted molar refractivity (Wildman–Crippen MR) is 156 cm³/mol. The van der Waals surface area contributed by atoms with Crippen molar-refractivity contribution in [3.8, 4) is 5.69 Å². The van der Waals surface area contributed by atoms with Gasteiger partial charge in [-0.1, -0.05) is 12.1 Å². The average Bonchev–Trinajstić information content (AvgIpc) is 2.89. The summed E-state index contributed by atoms with van der Waals surface area (Å²) in [5.41, 5.74) is 12.5. The first-order valence-corrected chi connectivity index (χ1v) is 14.1. The van der Waals surface area contributed by atoms with Crippen LogP contribution in [0.3, 0.4) is 0 Å². The number of hydrogen-bond donors (Lipinski definition) is 3. The molecule has 0 atom stereocenters. The number of anilines is 1. The van der Waals surface area contributed by atoms with Gasteiger partial charge in [0.1, 0.15) is 5.82 Å². The van der Waals surface area contributed by atoms with Gasteiger partial charge in [0.25, 0.3) is 0 Å². The number of amides is 3. The first-order chi connectivity index (χ1) is 18.8. The lowest BCUT2D eigenvalue weighted by atomic mass is 9.85. The highest BCUT2D eigenvalue weighted by Gasteiger charge is 2.31. The van der Waals surface area contributed by atoms with Gasteiger partial charge in [0, 0.05) is 44.5 Å². The Kier molecular flexibility index (Phi) is 8.96. The molecule has 2 saturated heterocycles. The highest BCUT2D eigenvalue weighted by Crippen LogP contribution is 2.26. The van der Waals surface area contributed by atoms with E-state index in [1.807, 2.05) is 24.3 Å². The van der Waals surface area contributed by atoms with Gasteiger partial charge < -0.3 is 21.3 Å². The summed E-state index contributed by atoms with van der Waals surface area (Å²) in [5.74, 6) is 0.736. The lowest BCUT2D eigenvalue weighted by Crippen LogP contribution is -2.58. The number of nitrogens with one attached hydrogen (secondary N) is 1. The summed E-state index contributed by atoms with van der Waals surface area (Å²) >= 11 is 0. The van der Waals surface area contributed by atoms with Gasteiger partial charge in [-0.3, -0.25) is 19.6 Å². The van der Waals surface area contributed by atoms with Crippen LogP contribution in [0.1, 0.15) is 52.5 Å². The van der Waals surface area contributed by atoms with Crippen molar-refractivity contribution in [2.24, 2.45) is 17.4 Å². The van der Waals surface area contributed by atoms with Crippen molar-refractivity contribution in [1.29, 1.82) is 0 Å². The van der Waals surface area contributed by atoms with Gasteiger partial charge in [-0.05, 0) is 89.7 Å². The van der Waals surface area contributed by atoms with E-state index in [1.165, 1.54) is 23.0 Å². The smallest absolute Gasteiger partial charge is 0.338 e. The number of nitrogens with two attached hydrogens (primary N) is 2. The van der Waals surface area contributed by atoms with Crippen molar-refractivity contribution in [3.05, 3.63) is 52.6 Å². The van der Waals surface area contributed by atoms with E-state index in [0.29, 0.717) is 37.8 Å². The molecule has 4 rings (SSSR count). The molecule has 11 heteroatoms. The number of carbonyl (C=O) groups is 2. The number of hydrogen-bond acceptors (Lipinski definition) is 7. The van der Waals surface area contributed by atoms with Crippen molar-refractivity contribution in [1.82, 2.24) is 24.3 Å². The second kappa shape index (κ2) is 12.1. The van der Waals surface area contributed by atoms with E-state index in [0.717, 1.165) is 26.1 Å².